The van der Waals surface area contributed by atoms with Crippen molar-refractivity contribution in [3.63, 3.8) is 0 Å². The van der Waals surface area contributed by atoms with Crippen LogP contribution in [0.3, 0.4) is 0 Å². The number of anilines is 1. The molecule has 0 radical (unpaired) electrons. The van der Waals surface area contributed by atoms with E-state index in [2.05, 4.69) is 6.92 Å². The number of rotatable bonds is 8. The van der Waals surface area contributed by atoms with Crippen molar-refractivity contribution in [2.24, 2.45) is 0 Å². The lowest BCUT2D eigenvalue weighted by atomic mass is 9.95. The summed E-state index contributed by atoms with van der Waals surface area (Å²) in [5, 5.41) is 11.8. The molecule has 1 saturated heterocycles. The Labute approximate surface area is 230 Å². The van der Waals surface area contributed by atoms with Crippen LogP contribution in [0.2, 0.25) is 0 Å². The van der Waals surface area contributed by atoms with Crippen molar-refractivity contribution >= 4 is 44.1 Å². The summed E-state index contributed by atoms with van der Waals surface area (Å²) >= 11 is 1.33. The van der Waals surface area contributed by atoms with Gasteiger partial charge < -0.3 is 19.3 Å². The highest BCUT2D eigenvalue weighted by Gasteiger charge is 2.48. The minimum atomic E-state index is -0.942. The first-order chi connectivity index (χ1) is 18.9. The zero-order chi connectivity index (χ0) is 27.7. The zero-order valence-electron chi connectivity index (χ0n) is 22.1. The molecule has 1 N–H and O–H groups in total. The average Bonchev–Trinajstić information content (AvgIpc) is 3.50. The first-order valence-corrected chi connectivity index (χ1v) is 13.4. The molecule has 1 amide bonds. The number of aromatic nitrogens is 1. The summed E-state index contributed by atoms with van der Waals surface area (Å²) in [6.45, 7) is 4.38. The van der Waals surface area contributed by atoms with Crippen LogP contribution in [-0.2, 0) is 16.0 Å². The monoisotopic (exact) mass is 544 g/mol. The van der Waals surface area contributed by atoms with Crippen molar-refractivity contribution in [1.29, 1.82) is 0 Å². The molecule has 0 spiro atoms. The number of aryl methyl sites for hydroxylation is 1. The number of ether oxygens (including phenoxy) is 3. The molecule has 1 aliphatic heterocycles. The Balaban J connectivity index is 1.71. The lowest BCUT2D eigenvalue weighted by molar-refractivity contribution is -0.132. The van der Waals surface area contributed by atoms with Gasteiger partial charge >= 0.3 is 5.91 Å². The van der Waals surface area contributed by atoms with Crippen LogP contribution in [0.5, 0.6) is 17.2 Å². The lowest BCUT2D eigenvalue weighted by Crippen LogP contribution is -2.29. The molecular formula is C30H28N2O6S. The second kappa shape index (κ2) is 10.8. The average molecular weight is 545 g/mol. The third kappa shape index (κ3) is 4.70. The Kier molecular flexibility index (Phi) is 7.26. The van der Waals surface area contributed by atoms with E-state index in [4.69, 9.17) is 19.2 Å². The van der Waals surface area contributed by atoms with Crippen molar-refractivity contribution in [2.75, 3.05) is 25.7 Å². The minimum absolute atomic E-state index is 0.0371. The molecule has 8 nitrogen and oxygen atoms in total. The van der Waals surface area contributed by atoms with E-state index in [0.29, 0.717) is 40.1 Å². The van der Waals surface area contributed by atoms with Crippen LogP contribution in [-0.4, -0.2) is 42.6 Å². The summed E-state index contributed by atoms with van der Waals surface area (Å²) in [6, 6.07) is 16.9. The van der Waals surface area contributed by atoms with E-state index in [1.54, 1.807) is 49.6 Å². The van der Waals surface area contributed by atoms with Crippen molar-refractivity contribution in [2.45, 2.75) is 26.3 Å². The quantitative estimate of drug-likeness (QED) is 0.168. The van der Waals surface area contributed by atoms with Crippen LogP contribution >= 0.6 is 11.3 Å². The molecule has 2 heterocycles. The highest BCUT2D eigenvalue weighted by Crippen LogP contribution is 2.46. The maximum atomic E-state index is 13.6. The molecule has 0 saturated carbocycles. The Morgan fingerprint density at radius 1 is 0.974 bits per heavy atom. The van der Waals surface area contributed by atoms with Crippen LogP contribution < -0.4 is 19.1 Å². The topological polar surface area (TPSA) is 98.2 Å². The van der Waals surface area contributed by atoms with E-state index in [-0.39, 0.29) is 11.3 Å². The molecule has 39 heavy (non-hydrogen) atoms. The van der Waals surface area contributed by atoms with Gasteiger partial charge in [0.25, 0.3) is 5.78 Å². The second-order valence-electron chi connectivity index (χ2n) is 8.89. The normalized spacial score (nSPS) is 16.6. The molecule has 0 bridgehead atoms. The highest BCUT2D eigenvalue weighted by molar-refractivity contribution is 7.22. The number of benzene rings is 3. The van der Waals surface area contributed by atoms with Crippen LogP contribution in [0.1, 0.15) is 36.6 Å². The van der Waals surface area contributed by atoms with Crippen LogP contribution in [0.15, 0.2) is 66.2 Å². The molecule has 1 fully saturated rings. The van der Waals surface area contributed by atoms with Crippen LogP contribution in [0.25, 0.3) is 16.0 Å². The molecular weight excluding hydrogens is 516 g/mol. The van der Waals surface area contributed by atoms with Crippen molar-refractivity contribution in [1.82, 2.24) is 4.98 Å². The summed E-state index contributed by atoms with van der Waals surface area (Å²) in [5.41, 5.74) is 2.79. The van der Waals surface area contributed by atoms with Gasteiger partial charge in [-0.3, -0.25) is 14.5 Å². The number of hydrogen-bond acceptors (Lipinski definition) is 8. The summed E-state index contributed by atoms with van der Waals surface area (Å²) in [6.07, 6.45) is 0.863. The third-order valence-electron chi connectivity index (χ3n) is 6.67. The maximum Gasteiger partial charge on any atom is 0.301 e. The summed E-state index contributed by atoms with van der Waals surface area (Å²) < 4.78 is 17.4. The number of carbonyl (C=O) groups excluding carboxylic acids is 2. The molecule has 9 heteroatoms. The van der Waals surface area contributed by atoms with Gasteiger partial charge in [-0.05, 0) is 73.0 Å². The number of ketones is 1. The molecule has 5 rings (SSSR count). The smallest absolute Gasteiger partial charge is 0.301 e. The number of thiazole rings is 1. The maximum absolute atomic E-state index is 13.6. The molecule has 1 aromatic heterocycles. The Bertz CT molecular complexity index is 1590. The summed E-state index contributed by atoms with van der Waals surface area (Å²) in [7, 11) is 3.07. The van der Waals surface area contributed by atoms with Crippen molar-refractivity contribution in [3.05, 3.63) is 82.9 Å². The molecule has 200 valence electrons. The molecule has 0 aliphatic carbocycles. The van der Waals surface area contributed by atoms with Gasteiger partial charge in [-0.25, -0.2) is 4.98 Å². The molecule has 1 atom stereocenters. The van der Waals surface area contributed by atoms with Gasteiger partial charge in [-0.2, -0.15) is 0 Å². The van der Waals surface area contributed by atoms with Gasteiger partial charge in [-0.15, -0.1) is 0 Å². The number of Topliss-reactive ketones (excluding diaryl/α,β-unsaturated/α-hetero) is 1. The van der Waals surface area contributed by atoms with Gasteiger partial charge in [-0.1, -0.05) is 30.4 Å². The number of carbonyl (C=O) groups is 2. The SMILES string of the molecule is CCOc1ccc(C2/C(=C(\O)c3ccc(OC)cc3)C(=O)C(=O)N2c2nc3ccc(CC)cc3s2)cc1OC. The predicted molar refractivity (Wildman–Crippen MR) is 151 cm³/mol. The van der Waals surface area contributed by atoms with E-state index in [1.165, 1.54) is 23.3 Å². The highest BCUT2D eigenvalue weighted by atomic mass is 32.1. The fraction of sp³-hybridized carbons (Fsp3) is 0.233. The lowest BCUT2D eigenvalue weighted by Gasteiger charge is -2.24. The van der Waals surface area contributed by atoms with Crippen molar-refractivity contribution < 1.29 is 28.9 Å². The van der Waals surface area contributed by atoms with Gasteiger partial charge in [0.15, 0.2) is 16.6 Å². The van der Waals surface area contributed by atoms with E-state index < -0.39 is 17.7 Å². The Hall–Kier alpha value is -4.37. The van der Waals surface area contributed by atoms with Gasteiger partial charge in [0, 0.05) is 5.56 Å². The largest absolute Gasteiger partial charge is 0.507 e. The number of methoxy groups -OCH3 is 2. The number of fused-ring (bicyclic) bond motifs is 1. The van der Waals surface area contributed by atoms with E-state index in [1.807, 2.05) is 25.1 Å². The van der Waals surface area contributed by atoms with Crippen molar-refractivity contribution in [3.8, 4) is 17.2 Å². The van der Waals surface area contributed by atoms with E-state index in [0.717, 1.165) is 22.2 Å². The summed E-state index contributed by atoms with van der Waals surface area (Å²) in [4.78, 5) is 33.2. The van der Waals surface area contributed by atoms with Crippen LogP contribution in [0, 0.1) is 0 Å². The number of aliphatic hydroxyl groups excluding tert-OH is 1. The van der Waals surface area contributed by atoms with E-state index in [9.17, 15) is 14.7 Å². The first-order valence-electron chi connectivity index (χ1n) is 12.6. The predicted octanol–water partition coefficient (Wildman–Crippen LogP) is 5.90. The van der Waals surface area contributed by atoms with Crippen LogP contribution in [0.4, 0.5) is 5.13 Å². The van der Waals surface area contributed by atoms with E-state index >= 15 is 0 Å². The molecule has 1 aliphatic rings. The molecule has 3 aromatic carbocycles. The Morgan fingerprint density at radius 3 is 2.41 bits per heavy atom. The van der Waals surface area contributed by atoms with Gasteiger partial charge in [0.05, 0.1) is 42.7 Å². The molecule has 1 unspecified atom stereocenters. The summed E-state index contributed by atoms with van der Waals surface area (Å²) in [5.74, 6) is -0.275. The zero-order valence-corrected chi connectivity index (χ0v) is 22.9. The fourth-order valence-corrected chi connectivity index (χ4v) is 5.71. The minimum Gasteiger partial charge on any atom is -0.507 e. The Morgan fingerprint density at radius 2 is 1.74 bits per heavy atom. The standard InChI is InChI=1S/C30H28N2O6S/c1-5-17-7-13-21-24(15-17)39-30(31-21)32-26(19-10-14-22(38-6-2)23(16-19)37-4)25(28(34)29(32)35)27(33)18-8-11-20(36-3)12-9-18/h7-16,26,33H,5-6H2,1-4H3/b27-25+. The fourth-order valence-electron chi connectivity index (χ4n) is 4.66. The van der Waals surface area contributed by atoms with Gasteiger partial charge in [0.2, 0.25) is 0 Å². The number of amides is 1. The first kappa shape index (κ1) is 26.2. The number of hydrogen-bond donors (Lipinski definition) is 1. The third-order valence-corrected chi connectivity index (χ3v) is 7.68. The number of nitrogens with zero attached hydrogens (tertiary/aromatic N) is 2. The van der Waals surface area contributed by atoms with Gasteiger partial charge in [0.1, 0.15) is 11.5 Å². The second-order valence-corrected chi connectivity index (χ2v) is 9.90. The molecule has 4 aromatic rings. The number of aliphatic hydroxyl groups is 1.